The zero-order chi connectivity index (χ0) is 22.4. The highest BCUT2D eigenvalue weighted by atomic mass is 31.2. The summed E-state index contributed by atoms with van der Waals surface area (Å²) in [6, 6.07) is 0. The van der Waals surface area contributed by atoms with Crippen LogP contribution >= 0.6 is 7.60 Å². The number of nitrogen functional groups attached to an aromatic ring is 1. The molecule has 0 aliphatic carbocycles. The van der Waals surface area contributed by atoms with Gasteiger partial charge < -0.3 is 45.3 Å². The van der Waals surface area contributed by atoms with Gasteiger partial charge in [-0.15, -0.1) is 0 Å². The van der Waals surface area contributed by atoms with E-state index in [9.17, 15) is 14.2 Å². The minimum atomic E-state index is -4.16. The molecule has 0 fully saturated rings. The number of hydrogen-bond acceptors (Lipinski definition) is 10. The monoisotopic (exact) mass is 437 g/mol. The lowest BCUT2D eigenvalue weighted by molar-refractivity contribution is -0.165. The van der Waals surface area contributed by atoms with Crippen molar-refractivity contribution in [3.05, 3.63) is 12.7 Å². The van der Waals surface area contributed by atoms with Gasteiger partial charge in [0.15, 0.2) is 23.7 Å². The molecule has 2 rings (SSSR count). The molecule has 29 heavy (non-hydrogen) atoms. The van der Waals surface area contributed by atoms with E-state index in [1.54, 1.807) is 11.5 Å². The molecular weight excluding hydrogens is 417 g/mol. The number of aromatic nitrogens is 4. The number of carbonyl (C=O) groups is 2. The third kappa shape index (κ3) is 7.69. The average Bonchev–Trinajstić information content (AvgIpc) is 3.03. The van der Waals surface area contributed by atoms with Gasteiger partial charge in [-0.3, -0.25) is 4.57 Å². The minimum absolute atomic E-state index is 0.285. The quantitative estimate of drug-likeness (QED) is 0.217. The molecule has 0 aromatic carbocycles. The first-order chi connectivity index (χ1) is 13.3. The number of nitrogens with two attached hydrogens (primary N) is 1. The summed E-state index contributed by atoms with van der Waals surface area (Å²) in [6.07, 6.45) is -2.68. The van der Waals surface area contributed by atoms with Crippen molar-refractivity contribution >= 4 is 36.5 Å². The van der Waals surface area contributed by atoms with E-state index in [1.807, 2.05) is 0 Å². The second-order valence-electron chi connectivity index (χ2n) is 5.67. The van der Waals surface area contributed by atoms with E-state index in [-0.39, 0.29) is 5.82 Å². The average molecular weight is 437 g/mol. The predicted octanol–water partition coefficient (Wildman–Crippen LogP) is -2.17. The summed E-state index contributed by atoms with van der Waals surface area (Å²) in [5, 5.41) is 32.5. The van der Waals surface area contributed by atoms with Crippen LogP contribution in [0.5, 0.6) is 0 Å². The number of carboxylic acid groups (broad SMARTS) is 2. The number of nitrogens with zero attached hydrogens (tertiary/aromatic N) is 4. The van der Waals surface area contributed by atoms with Crippen molar-refractivity contribution in [3.63, 3.8) is 0 Å². The summed E-state index contributed by atoms with van der Waals surface area (Å²) in [5.74, 6) is -3.25. The van der Waals surface area contributed by atoms with Crippen molar-refractivity contribution < 1.29 is 49.1 Å². The molecule has 15 nitrogen and oxygen atoms in total. The lowest BCUT2D eigenvalue weighted by atomic mass is 10.2. The molecule has 2 aromatic heterocycles. The number of fused-ring (bicyclic) bond motifs is 1. The lowest BCUT2D eigenvalue weighted by Crippen LogP contribution is -2.39. The van der Waals surface area contributed by atoms with Crippen LogP contribution in [0.1, 0.15) is 6.92 Å². The van der Waals surface area contributed by atoms with Crippen LogP contribution in [0.4, 0.5) is 5.82 Å². The van der Waals surface area contributed by atoms with E-state index in [4.69, 9.17) is 40.7 Å². The first-order valence-corrected chi connectivity index (χ1v) is 9.52. The van der Waals surface area contributed by atoms with Gasteiger partial charge in [-0.25, -0.2) is 24.5 Å². The molecule has 2 aromatic rings. The zero-order valence-electron chi connectivity index (χ0n) is 14.9. The molecule has 0 spiro atoms. The normalized spacial score (nSPS) is 14.5. The van der Waals surface area contributed by atoms with Crippen molar-refractivity contribution in [2.75, 3.05) is 12.1 Å². The van der Waals surface area contributed by atoms with E-state index in [1.165, 1.54) is 12.7 Å². The second-order valence-corrected chi connectivity index (χ2v) is 7.25. The Morgan fingerprint density at radius 3 is 2.21 bits per heavy atom. The fourth-order valence-electron chi connectivity index (χ4n) is 1.86. The first kappa shape index (κ1) is 24.4. The van der Waals surface area contributed by atoms with E-state index < -0.39 is 44.2 Å². The number of rotatable bonds is 8. The van der Waals surface area contributed by atoms with E-state index in [2.05, 4.69) is 15.0 Å². The van der Waals surface area contributed by atoms with Crippen molar-refractivity contribution in [2.45, 2.75) is 31.8 Å². The highest BCUT2D eigenvalue weighted by Crippen LogP contribution is 2.34. The number of imidazole rings is 1. The molecule has 0 saturated heterocycles. The van der Waals surface area contributed by atoms with Gasteiger partial charge in [-0.1, -0.05) is 0 Å². The molecule has 2 heterocycles. The summed E-state index contributed by atoms with van der Waals surface area (Å²) < 4.78 is 17.5. The van der Waals surface area contributed by atoms with Crippen LogP contribution in [-0.4, -0.2) is 86.3 Å². The predicted molar refractivity (Wildman–Crippen MR) is 94.5 cm³/mol. The van der Waals surface area contributed by atoms with Crippen molar-refractivity contribution in [1.29, 1.82) is 0 Å². The Morgan fingerprint density at radius 2 is 1.72 bits per heavy atom. The highest BCUT2D eigenvalue weighted by Gasteiger charge is 2.29. The fraction of sp³-hybridized carbons (Fsp3) is 0.462. The van der Waals surface area contributed by atoms with E-state index in [0.29, 0.717) is 17.7 Å². The third-order valence-corrected chi connectivity index (χ3v) is 3.70. The van der Waals surface area contributed by atoms with Gasteiger partial charge in [-0.2, -0.15) is 0 Å². The Morgan fingerprint density at radius 1 is 1.17 bits per heavy atom. The molecule has 0 radical (unpaired) electrons. The molecule has 2 unspecified atom stereocenters. The van der Waals surface area contributed by atoms with Crippen LogP contribution < -0.4 is 5.73 Å². The maximum Gasteiger partial charge on any atom is 0.350 e. The van der Waals surface area contributed by atoms with Gasteiger partial charge in [0, 0.05) is 0 Å². The molecule has 162 valence electrons. The summed E-state index contributed by atoms with van der Waals surface area (Å²) in [5.41, 5.74) is 6.70. The molecule has 8 N–H and O–H groups in total. The summed E-state index contributed by atoms with van der Waals surface area (Å²) in [7, 11) is -4.16. The largest absolute Gasteiger partial charge is 0.479 e. The Labute approximate surface area is 162 Å². The summed E-state index contributed by atoms with van der Waals surface area (Å²) >= 11 is 0. The Balaban J connectivity index is 0.000000359. The van der Waals surface area contributed by atoms with Crippen LogP contribution in [0, 0.1) is 0 Å². The Bertz CT molecular complexity index is 881. The molecule has 16 heteroatoms. The smallest absolute Gasteiger partial charge is 0.350 e. The van der Waals surface area contributed by atoms with Crippen molar-refractivity contribution in [2.24, 2.45) is 0 Å². The van der Waals surface area contributed by atoms with Crippen LogP contribution in [-0.2, 0) is 25.4 Å². The topological polar surface area (TPSA) is 251 Å². The number of anilines is 1. The number of aliphatic hydroxyl groups is 2. The second kappa shape index (κ2) is 10.2. The van der Waals surface area contributed by atoms with Gasteiger partial charge in [0.05, 0.1) is 19.0 Å². The number of aliphatic hydroxyl groups excluding tert-OH is 2. The van der Waals surface area contributed by atoms with Gasteiger partial charge >= 0.3 is 19.5 Å². The van der Waals surface area contributed by atoms with Gasteiger partial charge in [0.1, 0.15) is 18.2 Å². The molecule has 0 aliphatic rings. The molecule has 0 amide bonds. The first-order valence-electron chi connectivity index (χ1n) is 7.72. The molecular formula is C13H20N5O10P. The minimum Gasteiger partial charge on any atom is -0.479 e. The third-order valence-electron chi connectivity index (χ3n) is 3.22. The fourth-order valence-corrected chi connectivity index (χ4v) is 2.31. The lowest BCUT2D eigenvalue weighted by Gasteiger charge is -2.14. The van der Waals surface area contributed by atoms with Crippen molar-refractivity contribution in [3.8, 4) is 0 Å². The SMILES string of the molecule is C[C@H](Cn1cnc2c(N)ncnc21)OCP(=O)(O)O.O=C(O)C(O)C(O)C(=O)O. The number of ether oxygens (including phenoxy) is 1. The Kier molecular flexibility index (Phi) is 8.57. The number of carboxylic acids is 2. The molecule has 3 atom stereocenters. The molecule has 0 bridgehead atoms. The zero-order valence-corrected chi connectivity index (χ0v) is 15.8. The van der Waals surface area contributed by atoms with E-state index >= 15 is 0 Å². The van der Waals surface area contributed by atoms with Crippen molar-refractivity contribution in [1.82, 2.24) is 19.5 Å². The number of aliphatic carboxylic acids is 2. The van der Waals surface area contributed by atoms with Gasteiger partial charge in [-0.05, 0) is 6.92 Å². The van der Waals surface area contributed by atoms with Gasteiger partial charge in [0.2, 0.25) is 0 Å². The van der Waals surface area contributed by atoms with Crippen LogP contribution in [0.2, 0.25) is 0 Å². The molecule has 0 aliphatic heterocycles. The summed E-state index contributed by atoms with van der Waals surface area (Å²) in [6.45, 7) is 2.05. The van der Waals surface area contributed by atoms with Crippen LogP contribution in [0.25, 0.3) is 11.2 Å². The Hall–Kier alpha value is -2.68. The van der Waals surface area contributed by atoms with Gasteiger partial charge in [0.25, 0.3) is 0 Å². The summed E-state index contributed by atoms with van der Waals surface area (Å²) in [4.78, 5) is 49.0. The maximum atomic E-state index is 10.7. The van der Waals surface area contributed by atoms with Crippen LogP contribution in [0.15, 0.2) is 12.7 Å². The van der Waals surface area contributed by atoms with E-state index in [0.717, 1.165) is 0 Å². The highest BCUT2D eigenvalue weighted by molar-refractivity contribution is 7.51. The standard InChI is InChI=1S/C9H14N5O4P.C4H6O6/c1-6(18-5-19(15,16)17)2-14-4-13-7-8(10)11-3-12-9(7)14;5-1(3(7)8)2(6)4(9)10/h3-4,6H,2,5H2,1H3,(H2,10,11,12)(H2,15,16,17);1-2,5-6H,(H,7,8)(H,9,10)/t6-;/m1./s1. The van der Waals surface area contributed by atoms with Crippen LogP contribution in [0.3, 0.4) is 0 Å². The number of hydrogen-bond donors (Lipinski definition) is 7. The maximum absolute atomic E-state index is 10.7. The molecule has 0 saturated carbocycles.